The lowest BCUT2D eigenvalue weighted by atomic mass is 10.1. The molecule has 1 rings (SSSR count). The van der Waals surface area contributed by atoms with Gasteiger partial charge in [-0.2, -0.15) is 14.0 Å². The predicted molar refractivity (Wildman–Crippen MR) is 48.4 cm³/mol. The van der Waals surface area contributed by atoms with E-state index in [-0.39, 0.29) is 5.56 Å². The van der Waals surface area contributed by atoms with Crippen LogP contribution in [0.5, 0.6) is 0 Å². The highest BCUT2D eigenvalue weighted by atomic mass is 79.9. The summed E-state index contributed by atoms with van der Waals surface area (Å²) in [6.45, 7) is 1.70. The van der Waals surface area contributed by atoms with Crippen LogP contribution in [0.15, 0.2) is 22.7 Å². The van der Waals surface area contributed by atoms with Crippen LogP contribution in [0.4, 0.5) is 8.78 Å². The summed E-state index contributed by atoms with van der Waals surface area (Å²) in [6.07, 6.45) is 0. The zero-order valence-corrected chi connectivity index (χ0v) is 8.40. The van der Waals surface area contributed by atoms with Crippen LogP contribution >= 0.6 is 15.9 Å². The van der Waals surface area contributed by atoms with E-state index in [2.05, 4.69) is 15.9 Å². The molecule has 0 spiro atoms. The predicted octanol–water partition coefficient (Wildman–Crippen LogP) is 3.37. The van der Waals surface area contributed by atoms with Crippen molar-refractivity contribution in [1.82, 2.24) is 0 Å². The number of nitrogens with zero attached hydrogens (tertiary/aromatic N) is 1. The number of benzene rings is 1. The van der Waals surface area contributed by atoms with Gasteiger partial charge >= 0.3 is 5.92 Å². The minimum Gasteiger partial charge on any atom is -0.191 e. The molecule has 4 heteroatoms. The zero-order chi connectivity index (χ0) is 10.1. The van der Waals surface area contributed by atoms with Gasteiger partial charge < -0.3 is 0 Å². The molecule has 1 aromatic carbocycles. The number of hydrogen-bond donors (Lipinski definition) is 0. The molecule has 0 bridgehead atoms. The van der Waals surface area contributed by atoms with Gasteiger partial charge in [0, 0.05) is 10.0 Å². The second-order valence-electron chi connectivity index (χ2n) is 2.65. The van der Waals surface area contributed by atoms with E-state index >= 15 is 0 Å². The Morgan fingerprint density at radius 1 is 1.46 bits per heavy atom. The van der Waals surface area contributed by atoms with Crippen LogP contribution in [0.3, 0.4) is 0 Å². The summed E-state index contributed by atoms with van der Waals surface area (Å²) >= 11 is 3.19. The van der Waals surface area contributed by atoms with Crippen LogP contribution in [0.1, 0.15) is 11.1 Å². The van der Waals surface area contributed by atoms with Crippen LogP contribution in [-0.4, -0.2) is 0 Å². The Morgan fingerprint density at radius 2 is 2.08 bits per heavy atom. The van der Waals surface area contributed by atoms with Crippen LogP contribution in [0.25, 0.3) is 0 Å². The number of alkyl halides is 2. The van der Waals surface area contributed by atoms with Gasteiger partial charge in [0.05, 0.1) is 0 Å². The molecular formula is C9H6BrF2N. The fourth-order valence-electron chi connectivity index (χ4n) is 0.905. The minimum absolute atomic E-state index is 0.268. The first-order valence-electron chi connectivity index (χ1n) is 3.53. The Labute approximate surface area is 83.1 Å². The molecule has 1 nitrogen and oxygen atoms in total. The first-order valence-corrected chi connectivity index (χ1v) is 4.32. The second-order valence-corrected chi connectivity index (χ2v) is 3.50. The lowest BCUT2D eigenvalue weighted by Gasteiger charge is -2.08. The maximum atomic E-state index is 12.8. The molecule has 0 aliphatic heterocycles. The first kappa shape index (κ1) is 10.1. The van der Waals surface area contributed by atoms with Gasteiger partial charge in [-0.1, -0.05) is 22.0 Å². The highest BCUT2D eigenvalue weighted by Gasteiger charge is 2.31. The van der Waals surface area contributed by atoms with Crippen molar-refractivity contribution in [1.29, 1.82) is 5.26 Å². The molecule has 0 N–H and O–H groups in total. The summed E-state index contributed by atoms with van der Waals surface area (Å²) in [5.41, 5.74) is 0.420. The summed E-state index contributed by atoms with van der Waals surface area (Å²) in [4.78, 5) is 0. The highest BCUT2D eigenvalue weighted by molar-refractivity contribution is 9.10. The fraction of sp³-hybridized carbons (Fsp3) is 0.222. The Morgan fingerprint density at radius 3 is 2.54 bits per heavy atom. The quantitative estimate of drug-likeness (QED) is 0.745. The van der Waals surface area contributed by atoms with Crippen LogP contribution in [0.2, 0.25) is 0 Å². The Hall–Kier alpha value is -0.950. The molecule has 0 aromatic heterocycles. The van der Waals surface area contributed by atoms with E-state index in [1.807, 2.05) is 0 Å². The smallest absolute Gasteiger partial charge is 0.191 e. The van der Waals surface area contributed by atoms with E-state index in [1.54, 1.807) is 6.92 Å². The van der Waals surface area contributed by atoms with Crippen molar-refractivity contribution in [2.45, 2.75) is 12.8 Å². The van der Waals surface area contributed by atoms with E-state index in [1.165, 1.54) is 18.2 Å². The lowest BCUT2D eigenvalue weighted by Crippen LogP contribution is -2.09. The number of rotatable bonds is 1. The van der Waals surface area contributed by atoms with Crippen molar-refractivity contribution < 1.29 is 8.78 Å². The zero-order valence-electron chi connectivity index (χ0n) is 6.81. The van der Waals surface area contributed by atoms with Crippen molar-refractivity contribution in [3.63, 3.8) is 0 Å². The van der Waals surface area contributed by atoms with Gasteiger partial charge in [-0.3, -0.25) is 0 Å². The van der Waals surface area contributed by atoms with Crippen molar-refractivity contribution in [2.24, 2.45) is 0 Å². The third-order valence-electron chi connectivity index (χ3n) is 1.66. The van der Waals surface area contributed by atoms with E-state index < -0.39 is 5.92 Å². The first-order chi connectivity index (χ1) is 5.97. The molecule has 0 fully saturated rings. The molecule has 0 saturated heterocycles. The molecule has 13 heavy (non-hydrogen) atoms. The lowest BCUT2D eigenvalue weighted by molar-refractivity contribution is 0.0612. The maximum Gasteiger partial charge on any atom is 0.357 e. The molecule has 68 valence electrons. The number of hydrogen-bond acceptors (Lipinski definition) is 1. The van der Waals surface area contributed by atoms with Gasteiger partial charge in [0.1, 0.15) is 6.07 Å². The number of nitriles is 1. The third kappa shape index (κ3) is 2.04. The number of halogens is 3. The van der Waals surface area contributed by atoms with Crippen molar-refractivity contribution in [3.05, 3.63) is 33.8 Å². The molecule has 0 unspecified atom stereocenters. The normalized spacial score (nSPS) is 11.0. The minimum atomic E-state index is -3.40. The molecular weight excluding hydrogens is 240 g/mol. The van der Waals surface area contributed by atoms with Gasteiger partial charge in [-0.15, -0.1) is 0 Å². The van der Waals surface area contributed by atoms with Crippen LogP contribution in [0, 0.1) is 18.3 Å². The Balaban J connectivity index is 3.20. The molecule has 0 heterocycles. The van der Waals surface area contributed by atoms with E-state index in [0.717, 1.165) is 10.5 Å². The van der Waals surface area contributed by atoms with E-state index in [0.29, 0.717) is 5.56 Å². The Kier molecular flexibility index (Phi) is 2.67. The highest BCUT2D eigenvalue weighted by Crippen LogP contribution is 2.29. The van der Waals surface area contributed by atoms with Crippen molar-refractivity contribution >= 4 is 15.9 Å². The third-order valence-corrected chi connectivity index (χ3v) is 2.55. The average Bonchev–Trinajstić information content (AvgIpc) is 2.09. The molecule has 0 aliphatic carbocycles. The van der Waals surface area contributed by atoms with Crippen molar-refractivity contribution in [3.8, 4) is 6.07 Å². The Bertz CT molecular complexity index is 368. The molecule has 0 saturated carbocycles. The molecule has 1 aromatic rings. The monoisotopic (exact) mass is 245 g/mol. The van der Waals surface area contributed by atoms with E-state index in [4.69, 9.17) is 5.26 Å². The van der Waals surface area contributed by atoms with Gasteiger partial charge in [-0.25, -0.2) is 0 Å². The molecule has 0 amide bonds. The topological polar surface area (TPSA) is 23.8 Å². The van der Waals surface area contributed by atoms with Gasteiger partial charge in [0.25, 0.3) is 0 Å². The van der Waals surface area contributed by atoms with Gasteiger partial charge in [-0.05, 0) is 24.6 Å². The fourth-order valence-corrected chi connectivity index (χ4v) is 1.15. The van der Waals surface area contributed by atoms with Crippen LogP contribution in [-0.2, 0) is 5.92 Å². The second kappa shape index (κ2) is 3.43. The van der Waals surface area contributed by atoms with Gasteiger partial charge in [0.15, 0.2) is 0 Å². The standard InChI is InChI=1S/C9H6BrF2N/c1-6-4-7(2-3-8(6)10)9(11,12)5-13/h2-4H,1H3. The maximum absolute atomic E-state index is 12.8. The summed E-state index contributed by atoms with van der Waals surface area (Å²) in [5, 5.41) is 8.20. The summed E-state index contributed by atoms with van der Waals surface area (Å²) < 4.78 is 26.4. The largest absolute Gasteiger partial charge is 0.357 e. The SMILES string of the molecule is Cc1cc(C(F)(F)C#N)ccc1Br. The van der Waals surface area contributed by atoms with Crippen LogP contribution < -0.4 is 0 Å². The number of aryl methyl sites for hydroxylation is 1. The van der Waals surface area contributed by atoms with E-state index in [9.17, 15) is 8.78 Å². The summed E-state index contributed by atoms with van der Waals surface area (Å²) in [5.74, 6) is -3.40. The van der Waals surface area contributed by atoms with Crippen molar-refractivity contribution in [2.75, 3.05) is 0 Å². The summed E-state index contributed by atoms with van der Waals surface area (Å²) in [6, 6.07) is 5.00. The molecule has 0 radical (unpaired) electrons. The summed E-state index contributed by atoms with van der Waals surface area (Å²) in [7, 11) is 0. The molecule has 0 atom stereocenters. The molecule has 0 aliphatic rings. The average molecular weight is 246 g/mol. The van der Waals surface area contributed by atoms with Gasteiger partial charge in [0.2, 0.25) is 0 Å².